The minimum absolute atomic E-state index is 0.261. The zero-order chi connectivity index (χ0) is 15.6. The Bertz CT molecular complexity index is 732. The van der Waals surface area contributed by atoms with Crippen molar-refractivity contribution in [2.24, 2.45) is 5.73 Å². The first kappa shape index (κ1) is 15.8. The molecular weight excluding hydrogens is 403 g/mol. The topological polar surface area (TPSA) is 72.2 Å². The first-order chi connectivity index (χ1) is 9.88. The summed E-state index contributed by atoms with van der Waals surface area (Å²) in [6, 6.07) is 9.97. The van der Waals surface area contributed by atoms with Crippen LogP contribution in [0.25, 0.3) is 0 Å². The molecule has 3 N–H and O–H groups in total. The van der Waals surface area contributed by atoms with E-state index in [1.807, 2.05) is 0 Å². The number of hydrogen-bond donors (Lipinski definition) is 2. The van der Waals surface area contributed by atoms with Crippen LogP contribution in [-0.4, -0.2) is 11.8 Å². The lowest BCUT2D eigenvalue weighted by molar-refractivity contribution is 0.0998. The van der Waals surface area contributed by atoms with E-state index in [-0.39, 0.29) is 5.91 Å². The molecule has 0 saturated carbocycles. The molecule has 0 aromatic heterocycles. The number of amides is 2. The van der Waals surface area contributed by atoms with Gasteiger partial charge in [0.1, 0.15) is 0 Å². The highest BCUT2D eigenvalue weighted by Gasteiger charge is 2.10. The Morgan fingerprint density at radius 2 is 1.81 bits per heavy atom. The van der Waals surface area contributed by atoms with Crippen LogP contribution < -0.4 is 11.1 Å². The second-order valence-corrected chi connectivity index (χ2v) is 6.05. The summed E-state index contributed by atoms with van der Waals surface area (Å²) in [6.07, 6.45) is 0. The molecular formula is C15H12ClIN2O2. The fraction of sp³-hybridized carbons (Fsp3) is 0.0667. The number of hydrogen-bond acceptors (Lipinski definition) is 2. The lowest BCUT2D eigenvalue weighted by Crippen LogP contribution is -2.14. The van der Waals surface area contributed by atoms with Crippen LogP contribution in [0.1, 0.15) is 26.3 Å². The zero-order valence-electron chi connectivity index (χ0n) is 11.1. The monoisotopic (exact) mass is 414 g/mol. The van der Waals surface area contributed by atoms with E-state index in [0.29, 0.717) is 21.8 Å². The molecule has 0 aliphatic heterocycles. The van der Waals surface area contributed by atoms with Gasteiger partial charge in [0, 0.05) is 20.4 Å². The van der Waals surface area contributed by atoms with Crippen molar-refractivity contribution < 1.29 is 9.59 Å². The maximum Gasteiger partial charge on any atom is 0.255 e. The van der Waals surface area contributed by atoms with Crippen LogP contribution in [0.3, 0.4) is 0 Å². The van der Waals surface area contributed by atoms with Gasteiger partial charge in [0.05, 0.1) is 5.02 Å². The molecule has 0 unspecified atom stereocenters. The Labute approximate surface area is 140 Å². The molecule has 6 heteroatoms. The van der Waals surface area contributed by atoms with Gasteiger partial charge in [-0.2, -0.15) is 0 Å². The van der Waals surface area contributed by atoms with Crippen molar-refractivity contribution in [3.05, 3.63) is 61.7 Å². The van der Waals surface area contributed by atoms with E-state index < -0.39 is 5.91 Å². The number of nitrogens with two attached hydrogens (primary N) is 1. The number of benzene rings is 2. The zero-order valence-corrected chi connectivity index (χ0v) is 14.0. The van der Waals surface area contributed by atoms with Crippen LogP contribution in [0.15, 0.2) is 36.4 Å². The van der Waals surface area contributed by atoms with Crippen LogP contribution in [0, 0.1) is 10.5 Å². The van der Waals surface area contributed by atoms with Crippen molar-refractivity contribution >= 4 is 51.7 Å². The second kappa shape index (κ2) is 6.44. The smallest absolute Gasteiger partial charge is 0.255 e. The largest absolute Gasteiger partial charge is 0.366 e. The van der Waals surface area contributed by atoms with Gasteiger partial charge in [-0.05, 0) is 71.5 Å². The molecule has 108 valence electrons. The van der Waals surface area contributed by atoms with Crippen LogP contribution in [0.5, 0.6) is 0 Å². The third kappa shape index (κ3) is 3.74. The average Bonchev–Trinajstić information content (AvgIpc) is 2.43. The van der Waals surface area contributed by atoms with Gasteiger partial charge in [-0.15, -0.1) is 0 Å². The van der Waals surface area contributed by atoms with E-state index in [2.05, 4.69) is 27.9 Å². The highest BCUT2D eigenvalue weighted by atomic mass is 127. The van der Waals surface area contributed by atoms with Crippen molar-refractivity contribution in [3.8, 4) is 0 Å². The highest BCUT2D eigenvalue weighted by Crippen LogP contribution is 2.21. The van der Waals surface area contributed by atoms with Gasteiger partial charge < -0.3 is 11.1 Å². The third-order valence-electron chi connectivity index (χ3n) is 2.94. The lowest BCUT2D eigenvalue weighted by Gasteiger charge is -2.10. The van der Waals surface area contributed by atoms with E-state index in [1.54, 1.807) is 43.3 Å². The van der Waals surface area contributed by atoms with Gasteiger partial charge in [-0.25, -0.2) is 0 Å². The molecule has 2 amide bonds. The molecule has 0 bridgehead atoms. The first-order valence-electron chi connectivity index (χ1n) is 6.05. The van der Waals surface area contributed by atoms with Crippen molar-refractivity contribution in [1.29, 1.82) is 0 Å². The van der Waals surface area contributed by atoms with E-state index in [1.165, 1.54) is 0 Å². The van der Waals surface area contributed by atoms with Gasteiger partial charge in [0.2, 0.25) is 5.91 Å². The van der Waals surface area contributed by atoms with Crippen molar-refractivity contribution in [2.45, 2.75) is 6.92 Å². The number of carbonyl (C=O) groups is 2. The minimum atomic E-state index is -0.500. The Morgan fingerprint density at radius 3 is 2.38 bits per heavy atom. The molecule has 4 nitrogen and oxygen atoms in total. The Kier molecular flexibility index (Phi) is 4.84. The minimum Gasteiger partial charge on any atom is -0.366 e. The van der Waals surface area contributed by atoms with Gasteiger partial charge in [-0.1, -0.05) is 11.6 Å². The van der Waals surface area contributed by atoms with Crippen LogP contribution in [0.4, 0.5) is 5.69 Å². The summed E-state index contributed by atoms with van der Waals surface area (Å²) in [4.78, 5) is 23.3. The van der Waals surface area contributed by atoms with Crippen molar-refractivity contribution in [1.82, 2.24) is 0 Å². The molecule has 0 fully saturated rings. The number of halogens is 2. The molecule has 0 aliphatic carbocycles. The summed E-state index contributed by atoms with van der Waals surface area (Å²) in [5, 5.41) is 3.32. The van der Waals surface area contributed by atoms with Crippen LogP contribution in [-0.2, 0) is 0 Å². The fourth-order valence-corrected chi connectivity index (χ4v) is 2.31. The normalized spacial score (nSPS) is 10.2. The Hall–Kier alpha value is -1.60. The second-order valence-electron chi connectivity index (χ2n) is 4.48. The summed E-state index contributed by atoms with van der Waals surface area (Å²) in [5.41, 5.74) is 7.48. The third-order valence-corrected chi connectivity index (χ3v) is 4.51. The molecule has 0 radical (unpaired) electrons. The van der Waals surface area contributed by atoms with Crippen LogP contribution >= 0.6 is 34.2 Å². The number of rotatable bonds is 3. The standard InChI is InChI=1S/C15H12ClIN2O2/c1-8-6-9(14(18)20)3-5-13(8)19-15(21)10-2-4-12(17)11(16)7-10/h2-7H,1H3,(H2,18,20)(H,19,21). The molecule has 0 aliphatic rings. The number of aryl methyl sites for hydroxylation is 1. The molecule has 21 heavy (non-hydrogen) atoms. The van der Waals surface area contributed by atoms with Gasteiger partial charge in [0.25, 0.3) is 5.91 Å². The van der Waals surface area contributed by atoms with Crippen molar-refractivity contribution in [2.75, 3.05) is 5.32 Å². The van der Waals surface area contributed by atoms with Gasteiger partial charge >= 0.3 is 0 Å². The number of anilines is 1. The molecule has 0 spiro atoms. The SMILES string of the molecule is Cc1cc(C(N)=O)ccc1NC(=O)c1ccc(I)c(Cl)c1. The summed E-state index contributed by atoms with van der Waals surface area (Å²) < 4.78 is 0.882. The van der Waals surface area contributed by atoms with Crippen molar-refractivity contribution in [3.63, 3.8) is 0 Å². The predicted molar refractivity (Wildman–Crippen MR) is 91.8 cm³/mol. The predicted octanol–water partition coefficient (Wildman–Crippen LogP) is 3.60. The molecule has 0 atom stereocenters. The summed E-state index contributed by atoms with van der Waals surface area (Å²) in [7, 11) is 0. The summed E-state index contributed by atoms with van der Waals surface area (Å²) in [6.45, 7) is 1.79. The molecule has 0 saturated heterocycles. The number of primary amides is 1. The molecule has 2 aromatic carbocycles. The number of nitrogens with one attached hydrogen (secondary N) is 1. The first-order valence-corrected chi connectivity index (χ1v) is 7.51. The maximum atomic E-state index is 12.2. The molecule has 0 heterocycles. The number of carbonyl (C=O) groups excluding carboxylic acids is 2. The lowest BCUT2D eigenvalue weighted by atomic mass is 10.1. The fourth-order valence-electron chi connectivity index (χ4n) is 1.79. The van der Waals surface area contributed by atoms with Gasteiger partial charge in [0.15, 0.2) is 0 Å². The van der Waals surface area contributed by atoms with Crippen LogP contribution in [0.2, 0.25) is 5.02 Å². The molecule has 2 rings (SSSR count). The summed E-state index contributed by atoms with van der Waals surface area (Å²) >= 11 is 8.10. The Morgan fingerprint density at radius 1 is 1.14 bits per heavy atom. The van der Waals surface area contributed by atoms with E-state index in [9.17, 15) is 9.59 Å². The summed E-state index contributed by atoms with van der Waals surface area (Å²) in [5.74, 6) is -0.761. The van der Waals surface area contributed by atoms with Gasteiger partial charge in [-0.3, -0.25) is 9.59 Å². The molecule has 2 aromatic rings. The quantitative estimate of drug-likeness (QED) is 0.753. The van der Waals surface area contributed by atoms with E-state index >= 15 is 0 Å². The highest BCUT2D eigenvalue weighted by molar-refractivity contribution is 14.1. The Balaban J connectivity index is 2.23. The van der Waals surface area contributed by atoms with E-state index in [4.69, 9.17) is 17.3 Å². The average molecular weight is 415 g/mol. The maximum absolute atomic E-state index is 12.2. The van der Waals surface area contributed by atoms with E-state index in [0.717, 1.165) is 9.13 Å².